The number of carbonyl (C=O) groups excluding carboxylic acids is 1. The first-order chi connectivity index (χ1) is 13.1. The standard InChI is InChI=1S/C21H22N2O4/c1-3-11-26-19-12-15(6-8-17(19)24)21-23-16(13-27-21)7-9-18(25)20-14(2)5-4-10-22-20/h4-6,8,10,12-13,24H,3,7,9,11H2,1-2H3. The smallest absolute Gasteiger partial charge is 0.226 e. The van der Waals surface area contributed by atoms with E-state index in [1.54, 1.807) is 30.7 Å². The van der Waals surface area contributed by atoms with Gasteiger partial charge in [-0.2, -0.15) is 0 Å². The van der Waals surface area contributed by atoms with E-state index in [1.165, 1.54) is 0 Å². The molecule has 0 unspecified atom stereocenters. The van der Waals surface area contributed by atoms with Gasteiger partial charge in [-0.3, -0.25) is 9.78 Å². The lowest BCUT2D eigenvalue weighted by atomic mass is 10.1. The van der Waals surface area contributed by atoms with Gasteiger partial charge in [0.15, 0.2) is 17.3 Å². The molecule has 27 heavy (non-hydrogen) atoms. The van der Waals surface area contributed by atoms with Crippen LogP contribution in [0.4, 0.5) is 0 Å². The van der Waals surface area contributed by atoms with Gasteiger partial charge in [-0.15, -0.1) is 0 Å². The van der Waals surface area contributed by atoms with Gasteiger partial charge < -0.3 is 14.3 Å². The molecule has 140 valence electrons. The highest BCUT2D eigenvalue weighted by Crippen LogP contribution is 2.31. The van der Waals surface area contributed by atoms with Gasteiger partial charge >= 0.3 is 0 Å². The minimum absolute atomic E-state index is 0.0162. The molecule has 1 aromatic carbocycles. The first-order valence-electron chi connectivity index (χ1n) is 8.94. The van der Waals surface area contributed by atoms with E-state index in [2.05, 4.69) is 9.97 Å². The van der Waals surface area contributed by atoms with E-state index in [1.807, 2.05) is 26.0 Å². The maximum atomic E-state index is 12.3. The Bertz CT molecular complexity index is 933. The second-order valence-electron chi connectivity index (χ2n) is 6.27. The second kappa shape index (κ2) is 8.49. The summed E-state index contributed by atoms with van der Waals surface area (Å²) in [6, 6.07) is 8.65. The summed E-state index contributed by atoms with van der Waals surface area (Å²) < 4.78 is 11.1. The Balaban J connectivity index is 1.68. The molecular weight excluding hydrogens is 344 g/mol. The number of rotatable bonds is 8. The van der Waals surface area contributed by atoms with E-state index in [9.17, 15) is 9.90 Å². The Kier molecular flexibility index (Phi) is 5.86. The zero-order valence-electron chi connectivity index (χ0n) is 15.4. The average Bonchev–Trinajstić information content (AvgIpc) is 3.15. The number of hydrogen-bond donors (Lipinski definition) is 1. The molecule has 0 radical (unpaired) electrons. The van der Waals surface area contributed by atoms with E-state index in [-0.39, 0.29) is 11.5 Å². The summed E-state index contributed by atoms with van der Waals surface area (Å²) in [7, 11) is 0. The molecule has 3 aromatic rings. The van der Waals surface area contributed by atoms with E-state index in [4.69, 9.17) is 9.15 Å². The molecule has 0 saturated heterocycles. The number of aromatic nitrogens is 2. The summed E-state index contributed by atoms with van der Waals surface area (Å²) in [5.74, 6) is 0.885. The molecule has 0 bridgehead atoms. The zero-order valence-corrected chi connectivity index (χ0v) is 15.4. The lowest BCUT2D eigenvalue weighted by Crippen LogP contribution is -2.06. The minimum Gasteiger partial charge on any atom is -0.504 e. The molecule has 6 heteroatoms. The van der Waals surface area contributed by atoms with Crippen LogP contribution in [-0.4, -0.2) is 27.5 Å². The maximum Gasteiger partial charge on any atom is 0.226 e. The van der Waals surface area contributed by atoms with Crippen LogP contribution in [0.3, 0.4) is 0 Å². The van der Waals surface area contributed by atoms with Crippen molar-refractivity contribution in [2.45, 2.75) is 33.1 Å². The highest BCUT2D eigenvalue weighted by Gasteiger charge is 2.14. The van der Waals surface area contributed by atoms with Crippen molar-refractivity contribution in [2.75, 3.05) is 6.61 Å². The van der Waals surface area contributed by atoms with E-state index < -0.39 is 0 Å². The van der Waals surface area contributed by atoms with E-state index in [0.717, 1.165) is 12.0 Å². The number of phenolic OH excluding ortho intramolecular Hbond substituents is 1. The number of aryl methyl sites for hydroxylation is 2. The van der Waals surface area contributed by atoms with Crippen LogP contribution in [0.2, 0.25) is 0 Å². The number of ether oxygens (including phenoxy) is 1. The number of carbonyl (C=O) groups is 1. The number of Topliss-reactive ketones (excluding diaryl/α,β-unsaturated/α-hetero) is 1. The Hall–Kier alpha value is -3.15. The molecule has 6 nitrogen and oxygen atoms in total. The summed E-state index contributed by atoms with van der Waals surface area (Å²) in [6.45, 7) is 4.38. The summed E-state index contributed by atoms with van der Waals surface area (Å²) in [4.78, 5) is 20.9. The van der Waals surface area contributed by atoms with Crippen LogP contribution in [0.25, 0.3) is 11.5 Å². The predicted octanol–water partition coefficient (Wildman–Crippen LogP) is 4.35. The summed E-state index contributed by atoms with van der Waals surface area (Å²) in [6.07, 6.45) is 4.79. The van der Waals surface area contributed by atoms with Crippen molar-refractivity contribution in [3.05, 3.63) is 59.7 Å². The molecule has 2 heterocycles. The van der Waals surface area contributed by atoms with Gasteiger partial charge in [-0.25, -0.2) is 4.98 Å². The number of pyridine rings is 1. The first-order valence-corrected chi connectivity index (χ1v) is 8.94. The second-order valence-corrected chi connectivity index (χ2v) is 6.27. The third kappa shape index (κ3) is 4.53. The van der Waals surface area contributed by atoms with Crippen LogP contribution in [-0.2, 0) is 6.42 Å². The summed E-state index contributed by atoms with van der Waals surface area (Å²) in [5.41, 5.74) is 2.76. The van der Waals surface area contributed by atoms with Crippen LogP contribution >= 0.6 is 0 Å². The number of oxazole rings is 1. The zero-order chi connectivity index (χ0) is 19.2. The lowest BCUT2D eigenvalue weighted by molar-refractivity contribution is 0.0977. The number of benzene rings is 1. The molecule has 0 spiro atoms. The van der Waals surface area contributed by atoms with Crippen LogP contribution in [0, 0.1) is 6.92 Å². The van der Waals surface area contributed by atoms with Gasteiger partial charge in [-0.1, -0.05) is 13.0 Å². The SMILES string of the molecule is CCCOc1cc(-c2nc(CCC(=O)c3ncccc3C)co2)ccc1O. The van der Waals surface area contributed by atoms with Crippen molar-refractivity contribution in [1.82, 2.24) is 9.97 Å². The normalized spacial score (nSPS) is 10.7. The summed E-state index contributed by atoms with van der Waals surface area (Å²) >= 11 is 0. The Morgan fingerprint density at radius 3 is 2.93 bits per heavy atom. The van der Waals surface area contributed by atoms with Gasteiger partial charge in [0.1, 0.15) is 12.0 Å². The Labute approximate surface area is 157 Å². The predicted molar refractivity (Wildman–Crippen MR) is 101 cm³/mol. The molecule has 0 atom stereocenters. The Morgan fingerprint density at radius 2 is 2.15 bits per heavy atom. The molecule has 0 fully saturated rings. The third-order valence-corrected chi connectivity index (χ3v) is 4.10. The first kappa shape index (κ1) is 18.6. The number of hydrogen-bond acceptors (Lipinski definition) is 6. The molecule has 0 aliphatic heterocycles. The van der Waals surface area contributed by atoms with Gasteiger partial charge in [0.25, 0.3) is 0 Å². The summed E-state index contributed by atoms with van der Waals surface area (Å²) in [5, 5.41) is 9.87. The fraction of sp³-hybridized carbons (Fsp3) is 0.286. The molecule has 0 amide bonds. The largest absolute Gasteiger partial charge is 0.504 e. The van der Waals surface area contributed by atoms with Crippen LogP contribution < -0.4 is 4.74 Å². The quantitative estimate of drug-likeness (QED) is 0.596. The number of nitrogens with zero attached hydrogens (tertiary/aromatic N) is 2. The van der Waals surface area contributed by atoms with Gasteiger partial charge in [-0.05, 0) is 43.2 Å². The van der Waals surface area contributed by atoms with Gasteiger partial charge in [0.05, 0.1) is 12.3 Å². The van der Waals surface area contributed by atoms with Crippen molar-refractivity contribution in [3.63, 3.8) is 0 Å². The molecule has 2 aromatic heterocycles. The van der Waals surface area contributed by atoms with E-state index in [0.29, 0.717) is 48.0 Å². The maximum absolute atomic E-state index is 12.3. The van der Waals surface area contributed by atoms with E-state index >= 15 is 0 Å². The molecular formula is C21H22N2O4. The topological polar surface area (TPSA) is 85.5 Å². The molecule has 0 aliphatic rings. The minimum atomic E-state index is -0.0162. The van der Waals surface area contributed by atoms with Crippen molar-refractivity contribution < 1.29 is 19.1 Å². The highest BCUT2D eigenvalue weighted by molar-refractivity contribution is 5.95. The fourth-order valence-corrected chi connectivity index (χ4v) is 2.67. The number of aromatic hydroxyl groups is 1. The van der Waals surface area contributed by atoms with Crippen molar-refractivity contribution in [1.29, 1.82) is 0 Å². The average molecular weight is 366 g/mol. The van der Waals surface area contributed by atoms with Crippen LogP contribution in [0.5, 0.6) is 11.5 Å². The monoisotopic (exact) mass is 366 g/mol. The van der Waals surface area contributed by atoms with Crippen LogP contribution in [0.15, 0.2) is 47.2 Å². The Morgan fingerprint density at radius 1 is 1.30 bits per heavy atom. The van der Waals surface area contributed by atoms with Crippen molar-refractivity contribution in [3.8, 4) is 23.0 Å². The fourth-order valence-electron chi connectivity index (χ4n) is 2.67. The molecule has 0 saturated carbocycles. The van der Waals surface area contributed by atoms with Crippen LogP contribution in [0.1, 0.15) is 41.5 Å². The molecule has 3 rings (SSSR count). The van der Waals surface area contributed by atoms with Crippen molar-refractivity contribution >= 4 is 5.78 Å². The molecule has 0 aliphatic carbocycles. The van der Waals surface area contributed by atoms with Crippen molar-refractivity contribution in [2.24, 2.45) is 0 Å². The lowest BCUT2D eigenvalue weighted by Gasteiger charge is -2.07. The highest BCUT2D eigenvalue weighted by atomic mass is 16.5. The van der Waals surface area contributed by atoms with Gasteiger partial charge in [0, 0.05) is 24.6 Å². The number of ketones is 1. The van der Waals surface area contributed by atoms with Gasteiger partial charge in [0.2, 0.25) is 5.89 Å². The third-order valence-electron chi connectivity index (χ3n) is 4.10. The number of phenols is 1. The molecule has 1 N–H and O–H groups in total.